The number of hydrogen-bond donors (Lipinski definition) is 1. The van der Waals surface area contributed by atoms with E-state index in [0.29, 0.717) is 11.1 Å². The van der Waals surface area contributed by atoms with E-state index in [1.54, 1.807) is 0 Å². The fourth-order valence-corrected chi connectivity index (χ4v) is 2.64. The predicted molar refractivity (Wildman–Crippen MR) is 74.6 cm³/mol. The molecule has 0 bridgehead atoms. The Balaban J connectivity index is 2.18. The molecule has 0 spiro atoms. The Morgan fingerprint density at radius 3 is 2.05 bits per heavy atom. The molecule has 0 aliphatic rings. The summed E-state index contributed by atoms with van der Waals surface area (Å²) in [5.74, 6) is -1.41. The SMILES string of the molecule is CS(=O)(=O)c1ccc(C(O)Cc2cc(F)cc(F)c2)cc1. The molecule has 0 fully saturated rings. The second kappa shape index (κ2) is 5.91. The van der Waals surface area contributed by atoms with Gasteiger partial charge in [-0.05, 0) is 35.4 Å². The molecule has 0 saturated carbocycles. The molecule has 0 amide bonds. The van der Waals surface area contributed by atoms with Crippen LogP contribution in [0, 0.1) is 11.6 Å². The lowest BCUT2D eigenvalue weighted by atomic mass is 10.0. The van der Waals surface area contributed by atoms with Crippen LogP contribution >= 0.6 is 0 Å². The third-order valence-corrected chi connectivity index (χ3v) is 4.17. The highest BCUT2D eigenvalue weighted by Gasteiger charge is 2.12. The second-order valence-electron chi connectivity index (χ2n) is 4.84. The summed E-state index contributed by atoms with van der Waals surface area (Å²) in [6, 6.07) is 8.80. The molecule has 1 atom stereocenters. The Hall–Kier alpha value is -1.79. The normalized spacial score (nSPS) is 13.1. The van der Waals surface area contributed by atoms with Crippen molar-refractivity contribution in [3.05, 3.63) is 65.2 Å². The Morgan fingerprint density at radius 2 is 1.57 bits per heavy atom. The average molecular weight is 312 g/mol. The van der Waals surface area contributed by atoms with Gasteiger partial charge in [0.25, 0.3) is 0 Å². The molecule has 6 heteroatoms. The molecule has 0 radical (unpaired) electrons. The van der Waals surface area contributed by atoms with Crippen LogP contribution in [0.3, 0.4) is 0 Å². The van der Waals surface area contributed by atoms with E-state index in [-0.39, 0.29) is 11.3 Å². The molecular formula is C15H14F2O3S. The van der Waals surface area contributed by atoms with Crippen LogP contribution in [0.4, 0.5) is 8.78 Å². The average Bonchev–Trinajstić information content (AvgIpc) is 2.36. The van der Waals surface area contributed by atoms with Crippen LogP contribution in [-0.4, -0.2) is 19.8 Å². The van der Waals surface area contributed by atoms with E-state index in [2.05, 4.69) is 0 Å². The summed E-state index contributed by atoms with van der Waals surface area (Å²) in [5, 5.41) is 10.1. The van der Waals surface area contributed by atoms with E-state index < -0.39 is 27.6 Å². The first-order chi connectivity index (χ1) is 9.75. The highest BCUT2D eigenvalue weighted by molar-refractivity contribution is 7.90. The van der Waals surface area contributed by atoms with Gasteiger partial charge in [0.2, 0.25) is 0 Å². The van der Waals surface area contributed by atoms with Crippen molar-refractivity contribution >= 4 is 9.84 Å². The minimum Gasteiger partial charge on any atom is -0.388 e. The molecule has 0 heterocycles. The van der Waals surface area contributed by atoms with Gasteiger partial charge < -0.3 is 5.11 Å². The number of rotatable bonds is 4. The quantitative estimate of drug-likeness (QED) is 0.944. The number of aliphatic hydroxyl groups is 1. The van der Waals surface area contributed by atoms with E-state index in [1.807, 2.05) is 0 Å². The molecule has 1 unspecified atom stereocenters. The number of hydrogen-bond acceptors (Lipinski definition) is 3. The maximum atomic E-state index is 13.1. The van der Waals surface area contributed by atoms with Crippen molar-refractivity contribution < 1.29 is 22.3 Å². The van der Waals surface area contributed by atoms with E-state index >= 15 is 0 Å². The highest BCUT2D eigenvalue weighted by Crippen LogP contribution is 2.21. The largest absolute Gasteiger partial charge is 0.388 e. The minimum absolute atomic E-state index is 0.0346. The first-order valence-electron chi connectivity index (χ1n) is 6.19. The van der Waals surface area contributed by atoms with E-state index in [0.717, 1.165) is 24.5 Å². The monoisotopic (exact) mass is 312 g/mol. The van der Waals surface area contributed by atoms with Crippen molar-refractivity contribution in [2.75, 3.05) is 6.26 Å². The van der Waals surface area contributed by atoms with Gasteiger partial charge in [-0.3, -0.25) is 0 Å². The summed E-state index contributed by atoms with van der Waals surface area (Å²) in [7, 11) is -3.30. The van der Waals surface area contributed by atoms with Gasteiger partial charge in [-0.15, -0.1) is 0 Å². The Bertz CT molecular complexity index is 720. The molecule has 21 heavy (non-hydrogen) atoms. The Morgan fingerprint density at radius 1 is 1.05 bits per heavy atom. The number of aliphatic hydroxyl groups excluding tert-OH is 1. The van der Waals surface area contributed by atoms with Gasteiger partial charge in [0.15, 0.2) is 9.84 Å². The first-order valence-corrected chi connectivity index (χ1v) is 8.08. The first kappa shape index (κ1) is 15.6. The highest BCUT2D eigenvalue weighted by atomic mass is 32.2. The van der Waals surface area contributed by atoms with Crippen LogP contribution in [0.25, 0.3) is 0 Å². The van der Waals surface area contributed by atoms with Crippen LogP contribution < -0.4 is 0 Å². The molecule has 1 N–H and O–H groups in total. The fourth-order valence-electron chi connectivity index (χ4n) is 2.01. The van der Waals surface area contributed by atoms with Crippen molar-refractivity contribution in [3.63, 3.8) is 0 Å². The van der Waals surface area contributed by atoms with Gasteiger partial charge in [-0.2, -0.15) is 0 Å². The molecule has 2 rings (SSSR count). The molecular weight excluding hydrogens is 298 g/mol. The Kier molecular flexibility index (Phi) is 4.39. The van der Waals surface area contributed by atoms with Crippen molar-refractivity contribution in [3.8, 4) is 0 Å². The van der Waals surface area contributed by atoms with Crippen LogP contribution in [0.1, 0.15) is 17.2 Å². The van der Waals surface area contributed by atoms with Gasteiger partial charge in [-0.1, -0.05) is 12.1 Å². The molecule has 0 aliphatic carbocycles. The van der Waals surface area contributed by atoms with Crippen molar-refractivity contribution in [1.82, 2.24) is 0 Å². The minimum atomic E-state index is -3.30. The molecule has 3 nitrogen and oxygen atoms in total. The van der Waals surface area contributed by atoms with Gasteiger partial charge in [0, 0.05) is 18.7 Å². The lowest BCUT2D eigenvalue weighted by Gasteiger charge is -2.12. The maximum Gasteiger partial charge on any atom is 0.175 e. The van der Waals surface area contributed by atoms with E-state index in [4.69, 9.17) is 0 Å². The van der Waals surface area contributed by atoms with Gasteiger partial charge in [0.05, 0.1) is 11.0 Å². The molecule has 2 aromatic carbocycles. The summed E-state index contributed by atoms with van der Waals surface area (Å²) < 4.78 is 48.8. The summed E-state index contributed by atoms with van der Waals surface area (Å²) in [6.07, 6.45) is 0.153. The summed E-state index contributed by atoms with van der Waals surface area (Å²) >= 11 is 0. The van der Waals surface area contributed by atoms with E-state index in [9.17, 15) is 22.3 Å². The zero-order chi connectivity index (χ0) is 15.6. The summed E-state index contributed by atoms with van der Waals surface area (Å²) in [4.78, 5) is 0.148. The Labute approximate surface area is 121 Å². The zero-order valence-corrected chi connectivity index (χ0v) is 12.1. The molecule has 0 aromatic heterocycles. The fraction of sp³-hybridized carbons (Fsp3) is 0.200. The van der Waals surface area contributed by atoms with Gasteiger partial charge in [-0.25, -0.2) is 17.2 Å². The molecule has 2 aromatic rings. The van der Waals surface area contributed by atoms with Crippen LogP contribution in [0.2, 0.25) is 0 Å². The number of halogens is 2. The number of sulfone groups is 1. The summed E-state index contributed by atoms with van der Waals surface area (Å²) in [5.41, 5.74) is 0.805. The van der Waals surface area contributed by atoms with E-state index in [1.165, 1.54) is 24.3 Å². The van der Waals surface area contributed by atoms with Crippen molar-refractivity contribution in [2.24, 2.45) is 0 Å². The smallest absolute Gasteiger partial charge is 0.175 e. The lowest BCUT2D eigenvalue weighted by Crippen LogP contribution is -2.04. The lowest BCUT2D eigenvalue weighted by molar-refractivity contribution is 0.178. The van der Waals surface area contributed by atoms with Gasteiger partial charge in [0.1, 0.15) is 11.6 Å². The standard InChI is InChI=1S/C15H14F2O3S/c1-21(19,20)14-4-2-11(3-5-14)15(18)8-10-6-12(16)9-13(17)7-10/h2-7,9,15,18H,8H2,1H3. The topological polar surface area (TPSA) is 54.4 Å². The van der Waals surface area contributed by atoms with Crippen LogP contribution in [-0.2, 0) is 16.3 Å². The third kappa shape index (κ3) is 4.09. The number of benzene rings is 2. The third-order valence-electron chi connectivity index (χ3n) is 3.04. The predicted octanol–water partition coefficient (Wildman–Crippen LogP) is 2.64. The van der Waals surface area contributed by atoms with Gasteiger partial charge >= 0.3 is 0 Å². The summed E-state index contributed by atoms with van der Waals surface area (Å²) in [6.45, 7) is 0. The molecule has 112 valence electrons. The maximum absolute atomic E-state index is 13.1. The second-order valence-corrected chi connectivity index (χ2v) is 6.85. The van der Waals surface area contributed by atoms with Crippen molar-refractivity contribution in [1.29, 1.82) is 0 Å². The zero-order valence-electron chi connectivity index (χ0n) is 11.3. The van der Waals surface area contributed by atoms with Crippen LogP contribution in [0.5, 0.6) is 0 Å². The molecule has 0 saturated heterocycles. The molecule has 0 aliphatic heterocycles. The van der Waals surface area contributed by atoms with Crippen LogP contribution in [0.15, 0.2) is 47.4 Å². The van der Waals surface area contributed by atoms with Crippen molar-refractivity contribution in [2.45, 2.75) is 17.4 Å².